The summed E-state index contributed by atoms with van der Waals surface area (Å²) in [4.78, 5) is 0. The van der Waals surface area contributed by atoms with Crippen LogP contribution in [-0.2, 0) is 6.42 Å². The first-order valence-corrected chi connectivity index (χ1v) is 8.33. The lowest BCUT2D eigenvalue weighted by atomic mass is 9.72. The molecule has 1 aliphatic rings. The maximum absolute atomic E-state index is 3.65. The first-order chi connectivity index (χ1) is 9.54. The van der Waals surface area contributed by atoms with Gasteiger partial charge in [-0.2, -0.15) is 0 Å². The van der Waals surface area contributed by atoms with E-state index in [9.17, 15) is 0 Å². The summed E-state index contributed by atoms with van der Waals surface area (Å²) >= 11 is 0. The van der Waals surface area contributed by atoms with E-state index in [4.69, 9.17) is 0 Å². The summed E-state index contributed by atoms with van der Waals surface area (Å²) in [5.41, 5.74) is 2.88. The van der Waals surface area contributed by atoms with E-state index in [1.807, 2.05) is 0 Å². The predicted molar refractivity (Wildman–Crippen MR) is 88.0 cm³/mol. The Morgan fingerprint density at radius 2 is 1.80 bits per heavy atom. The molecule has 1 heteroatoms. The minimum absolute atomic E-state index is 0.606. The van der Waals surface area contributed by atoms with Crippen LogP contribution < -0.4 is 5.32 Å². The first kappa shape index (κ1) is 15.6. The highest BCUT2D eigenvalue weighted by atomic mass is 14.9. The van der Waals surface area contributed by atoms with Crippen molar-refractivity contribution < 1.29 is 0 Å². The lowest BCUT2D eigenvalue weighted by Crippen LogP contribution is -2.36. The largest absolute Gasteiger partial charge is 0.314 e. The van der Waals surface area contributed by atoms with E-state index in [0.29, 0.717) is 6.04 Å². The van der Waals surface area contributed by atoms with Gasteiger partial charge in [0.2, 0.25) is 0 Å². The van der Waals surface area contributed by atoms with E-state index in [2.05, 4.69) is 57.3 Å². The summed E-state index contributed by atoms with van der Waals surface area (Å²) in [5, 5.41) is 3.65. The molecule has 1 aromatic carbocycles. The van der Waals surface area contributed by atoms with Gasteiger partial charge in [-0.1, -0.05) is 57.0 Å². The number of hydrogen-bond acceptors (Lipinski definition) is 1. The van der Waals surface area contributed by atoms with E-state index >= 15 is 0 Å². The Bertz CT molecular complexity index is 393. The number of nitrogens with one attached hydrogen (secondary N) is 1. The van der Waals surface area contributed by atoms with Crippen molar-refractivity contribution in [3.05, 3.63) is 35.4 Å². The second kappa shape index (κ2) is 7.26. The molecule has 0 spiro atoms. The normalized spacial score (nSPS) is 26.9. The van der Waals surface area contributed by atoms with Crippen LogP contribution in [0.25, 0.3) is 0 Å². The third kappa shape index (κ3) is 4.63. The lowest BCUT2D eigenvalue weighted by Gasteiger charge is -2.35. The molecule has 0 aliphatic heterocycles. The number of hydrogen-bond donors (Lipinski definition) is 1. The third-order valence-electron chi connectivity index (χ3n) is 4.81. The van der Waals surface area contributed by atoms with Gasteiger partial charge < -0.3 is 5.32 Å². The molecule has 2 rings (SSSR count). The Balaban J connectivity index is 1.98. The fourth-order valence-electron chi connectivity index (χ4n) is 3.49. The molecule has 0 saturated heterocycles. The Labute approximate surface area is 125 Å². The van der Waals surface area contributed by atoms with Crippen LogP contribution in [-0.4, -0.2) is 12.6 Å². The van der Waals surface area contributed by atoms with Crippen LogP contribution >= 0.6 is 0 Å². The minimum atomic E-state index is 0.606. The molecular weight excluding hydrogens is 242 g/mol. The zero-order valence-corrected chi connectivity index (χ0v) is 13.7. The lowest BCUT2D eigenvalue weighted by molar-refractivity contribution is 0.181. The summed E-state index contributed by atoms with van der Waals surface area (Å²) < 4.78 is 0. The Kier molecular flexibility index (Phi) is 5.65. The molecule has 1 saturated carbocycles. The molecule has 0 amide bonds. The van der Waals surface area contributed by atoms with Gasteiger partial charge in [0.1, 0.15) is 0 Å². The molecule has 20 heavy (non-hydrogen) atoms. The first-order valence-electron chi connectivity index (χ1n) is 8.33. The highest BCUT2D eigenvalue weighted by molar-refractivity contribution is 5.21. The zero-order chi connectivity index (χ0) is 14.5. The van der Waals surface area contributed by atoms with Gasteiger partial charge in [0.05, 0.1) is 0 Å². The van der Waals surface area contributed by atoms with Crippen LogP contribution in [0.3, 0.4) is 0 Å². The van der Waals surface area contributed by atoms with Crippen LogP contribution in [0.2, 0.25) is 0 Å². The molecule has 1 N–H and O–H groups in total. The Morgan fingerprint density at radius 3 is 2.45 bits per heavy atom. The van der Waals surface area contributed by atoms with E-state index in [0.717, 1.165) is 17.8 Å². The van der Waals surface area contributed by atoms with E-state index < -0.39 is 0 Å². The smallest absolute Gasteiger partial charge is 0.00104 e. The van der Waals surface area contributed by atoms with Gasteiger partial charge >= 0.3 is 0 Å². The Morgan fingerprint density at radius 1 is 1.10 bits per heavy atom. The summed E-state index contributed by atoms with van der Waals surface area (Å²) in [6.07, 6.45) is 5.47. The molecule has 1 aliphatic carbocycles. The van der Waals surface area contributed by atoms with Gasteiger partial charge in [-0.3, -0.25) is 0 Å². The fraction of sp³-hybridized carbons (Fsp3) is 0.684. The molecule has 1 nitrogen and oxygen atoms in total. The molecule has 3 atom stereocenters. The van der Waals surface area contributed by atoms with Crippen molar-refractivity contribution in [2.24, 2.45) is 17.8 Å². The zero-order valence-electron chi connectivity index (χ0n) is 13.7. The van der Waals surface area contributed by atoms with Gasteiger partial charge in [-0.05, 0) is 56.0 Å². The van der Waals surface area contributed by atoms with Crippen LogP contribution in [0, 0.1) is 24.7 Å². The van der Waals surface area contributed by atoms with Gasteiger partial charge in [0.15, 0.2) is 0 Å². The van der Waals surface area contributed by atoms with Crippen molar-refractivity contribution in [3.8, 4) is 0 Å². The van der Waals surface area contributed by atoms with E-state index in [1.165, 1.54) is 43.4 Å². The third-order valence-corrected chi connectivity index (χ3v) is 4.81. The van der Waals surface area contributed by atoms with Gasteiger partial charge in [0.25, 0.3) is 0 Å². The summed E-state index contributed by atoms with van der Waals surface area (Å²) in [6, 6.07) is 9.75. The highest BCUT2D eigenvalue weighted by Crippen LogP contribution is 2.35. The van der Waals surface area contributed by atoms with Gasteiger partial charge in [-0.25, -0.2) is 0 Å². The van der Waals surface area contributed by atoms with Crippen molar-refractivity contribution >= 4 is 0 Å². The standard InChI is InChI=1S/C19H31N/c1-14(2)20-13-18-10-7-16(4)11-19(18)12-17-8-5-15(3)6-9-17/h5-6,8-9,14,16,18-20H,7,10-13H2,1-4H3. The van der Waals surface area contributed by atoms with Crippen LogP contribution in [0.15, 0.2) is 24.3 Å². The predicted octanol–water partition coefficient (Wildman–Crippen LogP) is 4.59. The molecular formula is C19H31N. The summed E-state index contributed by atoms with van der Waals surface area (Å²) in [6.45, 7) is 10.3. The second-order valence-electron chi connectivity index (χ2n) is 7.19. The summed E-state index contributed by atoms with van der Waals surface area (Å²) in [7, 11) is 0. The fourth-order valence-corrected chi connectivity index (χ4v) is 3.49. The van der Waals surface area contributed by atoms with Crippen molar-refractivity contribution in [2.45, 2.75) is 59.4 Å². The van der Waals surface area contributed by atoms with Crippen LogP contribution in [0.5, 0.6) is 0 Å². The van der Waals surface area contributed by atoms with Gasteiger partial charge in [-0.15, -0.1) is 0 Å². The van der Waals surface area contributed by atoms with Crippen LogP contribution in [0.4, 0.5) is 0 Å². The maximum atomic E-state index is 3.65. The second-order valence-corrected chi connectivity index (χ2v) is 7.19. The van der Waals surface area contributed by atoms with Crippen molar-refractivity contribution in [1.29, 1.82) is 0 Å². The molecule has 0 bridgehead atoms. The van der Waals surface area contributed by atoms with E-state index in [-0.39, 0.29) is 0 Å². The van der Waals surface area contributed by atoms with Crippen LogP contribution in [0.1, 0.15) is 51.2 Å². The topological polar surface area (TPSA) is 12.0 Å². The highest BCUT2D eigenvalue weighted by Gasteiger charge is 2.28. The average Bonchev–Trinajstić information content (AvgIpc) is 2.40. The van der Waals surface area contributed by atoms with Crippen molar-refractivity contribution in [2.75, 3.05) is 6.54 Å². The average molecular weight is 273 g/mol. The molecule has 0 radical (unpaired) electrons. The molecule has 0 heterocycles. The van der Waals surface area contributed by atoms with E-state index in [1.54, 1.807) is 0 Å². The molecule has 1 fully saturated rings. The molecule has 0 aromatic heterocycles. The molecule has 112 valence electrons. The van der Waals surface area contributed by atoms with Crippen molar-refractivity contribution in [1.82, 2.24) is 5.32 Å². The van der Waals surface area contributed by atoms with Gasteiger partial charge in [0, 0.05) is 6.04 Å². The summed E-state index contributed by atoms with van der Waals surface area (Å²) in [5.74, 6) is 2.61. The SMILES string of the molecule is Cc1ccc(CC2CC(C)CCC2CNC(C)C)cc1. The van der Waals surface area contributed by atoms with Crippen molar-refractivity contribution in [3.63, 3.8) is 0 Å². The number of aryl methyl sites for hydroxylation is 1. The monoisotopic (exact) mass is 273 g/mol. The number of benzene rings is 1. The quantitative estimate of drug-likeness (QED) is 0.827. The minimum Gasteiger partial charge on any atom is -0.314 e. The maximum Gasteiger partial charge on any atom is 0.00104 e. The Hall–Kier alpha value is -0.820. The molecule has 3 unspecified atom stereocenters. The number of rotatable bonds is 5. The molecule has 1 aromatic rings.